The molecule has 1 saturated heterocycles. The van der Waals surface area contributed by atoms with Gasteiger partial charge in [0.25, 0.3) is 0 Å². The fourth-order valence-electron chi connectivity index (χ4n) is 11.0. The predicted molar refractivity (Wildman–Crippen MR) is 218 cm³/mol. The highest BCUT2D eigenvalue weighted by Crippen LogP contribution is 2.66. The van der Waals surface area contributed by atoms with Crippen LogP contribution in [0, 0.1) is 16.7 Å². The topological polar surface area (TPSA) is 147 Å². The SMILES string of the molecule is CC[Si](CC)(CC)O[C@@H]1C2=C(C)[C@@H](OC(C)=O)C[C@@](O)([C@@H](OC(=O)c3ccccc3)[C@@H]3[C@]4(OC(C)=O)CO[C@@H]4C[C@H](O[Si](CC)(CC)CC)[C@@]3(C)[C@H]1O)C2(C)C. The van der Waals surface area contributed by atoms with E-state index < -0.39 is 99.1 Å². The van der Waals surface area contributed by atoms with E-state index in [9.17, 15) is 24.6 Å². The normalized spacial score (nSPS) is 35.2. The fourth-order valence-corrected chi connectivity index (χ4v) is 16.7. The number of ether oxygens (including phenoxy) is 4. The summed E-state index contributed by atoms with van der Waals surface area (Å²) in [4.78, 5) is 40.6. The molecule has 2 bridgehead atoms. The van der Waals surface area contributed by atoms with Crippen molar-refractivity contribution in [2.24, 2.45) is 16.7 Å². The zero-order valence-corrected chi connectivity index (χ0v) is 37.9. The van der Waals surface area contributed by atoms with Gasteiger partial charge in [-0.25, -0.2) is 4.79 Å². The molecule has 0 spiro atoms. The minimum atomic E-state index is -2.55. The van der Waals surface area contributed by atoms with Gasteiger partial charge in [-0.15, -0.1) is 0 Å². The average Bonchev–Trinajstić information content (AvgIpc) is 3.16. The first-order chi connectivity index (χ1) is 26.3. The predicted octanol–water partition coefficient (Wildman–Crippen LogP) is 7.50. The lowest BCUT2D eigenvalue weighted by Crippen LogP contribution is -2.83. The van der Waals surface area contributed by atoms with E-state index in [0.717, 1.165) is 36.3 Å². The van der Waals surface area contributed by atoms with Crippen LogP contribution in [-0.4, -0.2) is 99.2 Å². The van der Waals surface area contributed by atoms with Gasteiger partial charge in [0.05, 0.1) is 36.4 Å². The highest BCUT2D eigenvalue weighted by Gasteiger charge is 2.78. The number of aliphatic hydroxyl groups excluding tert-OH is 1. The van der Waals surface area contributed by atoms with Gasteiger partial charge < -0.3 is 38.0 Å². The lowest BCUT2D eigenvalue weighted by molar-refractivity contribution is -0.363. The van der Waals surface area contributed by atoms with Crippen molar-refractivity contribution < 1.29 is 52.4 Å². The smallest absolute Gasteiger partial charge is 0.338 e. The van der Waals surface area contributed by atoms with E-state index in [4.69, 9.17) is 27.8 Å². The van der Waals surface area contributed by atoms with Gasteiger partial charge in [-0.2, -0.15) is 0 Å². The summed E-state index contributed by atoms with van der Waals surface area (Å²) in [7, 11) is -4.98. The van der Waals surface area contributed by atoms with Gasteiger partial charge in [-0.3, -0.25) is 9.59 Å². The van der Waals surface area contributed by atoms with Crippen LogP contribution >= 0.6 is 0 Å². The van der Waals surface area contributed by atoms with Crippen molar-refractivity contribution in [3.8, 4) is 0 Å². The summed E-state index contributed by atoms with van der Waals surface area (Å²) in [5, 5.41) is 27.6. The Morgan fingerprint density at radius 1 is 0.839 bits per heavy atom. The van der Waals surface area contributed by atoms with Crippen molar-refractivity contribution in [3.05, 3.63) is 47.0 Å². The molecule has 11 nitrogen and oxygen atoms in total. The van der Waals surface area contributed by atoms with Crippen LogP contribution in [0.2, 0.25) is 36.3 Å². The molecule has 0 aromatic heterocycles. The van der Waals surface area contributed by atoms with Crippen LogP contribution in [0.4, 0.5) is 0 Å². The Balaban J connectivity index is 1.94. The van der Waals surface area contributed by atoms with E-state index >= 15 is 0 Å². The van der Waals surface area contributed by atoms with Crippen molar-refractivity contribution in [1.82, 2.24) is 0 Å². The molecule has 0 radical (unpaired) electrons. The molecule has 2 N–H and O–H groups in total. The van der Waals surface area contributed by atoms with Crippen molar-refractivity contribution in [1.29, 1.82) is 0 Å². The van der Waals surface area contributed by atoms with Gasteiger partial charge in [0.15, 0.2) is 22.2 Å². The van der Waals surface area contributed by atoms with Crippen molar-refractivity contribution in [2.45, 2.75) is 180 Å². The first-order valence-corrected chi connectivity index (χ1v) is 26.0. The van der Waals surface area contributed by atoms with Crippen LogP contribution in [0.25, 0.3) is 0 Å². The third-order valence-corrected chi connectivity index (χ3v) is 24.3. The summed E-state index contributed by atoms with van der Waals surface area (Å²) in [5.74, 6) is -2.85. The van der Waals surface area contributed by atoms with Crippen LogP contribution in [0.1, 0.15) is 106 Å². The summed E-state index contributed by atoms with van der Waals surface area (Å²) in [5.41, 5.74) is -4.39. The number of benzene rings is 1. The fraction of sp³-hybridized carbons (Fsp3) is 0.744. The summed E-state index contributed by atoms with van der Waals surface area (Å²) < 4.78 is 40.5. The number of hydrogen-bond acceptors (Lipinski definition) is 11. The van der Waals surface area contributed by atoms with Crippen LogP contribution in [0.3, 0.4) is 0 Å². The molecule has 2 saturated carbocycles. The van der Waals surface area contributed by atoms with Gasteiger partial charge >= 0.3 is 17.9 Å². The standard InChI is InChI=1S/C43H68O11Si2/c1-13-55(14-2,15-3)53-32-24-33-42(26-49-33,52-29(9)45)36-38(51-39(47)30-22-20-19-21-23-30)43(48)25-31(50-28(8)44)27(7)34(40(43,10)11)35(37(46)41(32,36)12)54-56(16-4,17-5)18-6/h19-23,31-33,35-38,46,48H,13-18,24-26H2,1-12H3/t31-,32-,33+,35+,36-,37-,38-,41+,42-,43+/m0/s1. The number of aliphatic hydroxyl groups is 2. The lowest BCUT2D eigenvalue weighted by Gasteiger charge is -2.70. The monoisotopic (exact) mass is 816 g/mol. The second-order valence-corrected chi connectivity index (χ2v) is 27.1. The van der Waals surface area contributed by atoms with E-state index in [2.05, 4.69) is 41.5 Å². The molecule has 3 fully saturated rings. The zero-order chi connectivity index (χ0) is 41.6. The Labute approximate surface area is 336 Å². The van der Waals surface area contributed by atoms with Crippen LogP contribution in [0.15, 0.2) is 41.5 Å². The van der Waals surface area contributed by atoms with E-state index in [0.29, 0.717) is 17.6 Å². The Kier molecular flexibility index (Phi) is 13.0. The summed E-state index contributed by atoms with van der Waals surface area (Å²) in [6, 6.07) is 13.4. The van der Waals surface area contributed by atoms with Gasteiger partial charge in [0.2, 0.25) is 0 Å². The molecule has 1 aromatic carbocycles. The Bertz CT molecular complexity index is 1620. The number of esters is 3. The van der Waals surface area contributed by atoms with Crippen LogP contribution < -0.4 is 0 Å². The molecular formula is C43H68O11Si2. The average molecular weight is 817 g/mol. The maximum absolute atomic E-state index is 14.5. The first-order valence-electron chi connectivity index (χ1n) is 21.0. The molecule has 5 rings (SSSR count). The lowest BCUT2D eigenvalue weighted by atomic mass is 9.44. The third-order valence-electron chi connectivity index (χ3n) is 15.0. The van der Waals surface area contributed by atoms with E-state index in [1.807, 2.05) is 27.7 Å². The molecular weight excluding hydrogens is 749 g/mol. The maximum Gasteiger partial charge on any atom is 0.338 e. The molecule has 0 unspecified atom stereocenters. The molecule has 1 aromatic rings. The minimum absolute atomic E-state index is 0.0388. The molecule has 1 heterocycles. The second-order valence-electron chi connectivity index (χ2n) is 17.6. The van der Waals surface area contributed by atoms with Crippen LogP contribution in [0.5, 0.6) is 0 Å². The highest BCUT2D eigenvalue weighted by atomic mass is 28.4. The molecule has 4 aliphatic rings. The molecule has 13 heteroatoms. The van der Waals surface area contributed by atoms with E-state index in [-0.39, 0.29) is 18.6 Å². The second kappa shape index (κ2) is 16.3. The summed E-state index contributed by atoms with van der Waals surface area (Å²) in [6.07, 6.45) is -5.80. The van der Waals surface area contributed by atoms with Gasteiger partial charge in [-0.1, -0.05) is 80.5 Å². The van der Waals surface area contributed by atoms with E-state index in [1.54, 1.807) is 30.3 Å². The van der Waals surface area contributed by atoms with Crippen molar-refractivity contribution in [2.75, 3.05) is 6.61 Å². The Hall–Kier alpha value is -2.40. The molecule has 1 aliphatic heterocycles. The van der Waals surface area contributed by atoms with Crippen molar-refractivity contribution >= 4 is 34.5 Å². The number of fused-ring (bicyclic) bond motifs is 5. The quantitative estimate of drug-likeness (QED) is 0.0833. The molecule has 3 aliphatic carbocycles. The zero-order valence-electron chi connectivity index (χ0n) is 35.9. The largest absolute Gasteiger partial charge is 0.458 e. The third kappa shape index (κ3) is 7.08. The highest BCUT2D eigenvalue weighted by molar-refractivity contribution is 6.74. The number of carbonyl (C=O) groups excluding carboxylic acids is 3. The minimum Gasteiger partial charge on any atom is -0.458 e. The summed E-state index contributed by atoms with van der Waals surface area (Å²) >= 11 is 0. The number of hydrogen-bond donors (Lipinski definition) is 2. The van der Waals surface area contributed by atoms with Gasteiger partial charge in [0, 0.05) is 37.5 Å². The summed E-state index contributed by atoms with van der Waals surface area (Å²) in [6.45, 7) is 23.1. The number of rotatable bonds is 14. The van der Waals surface area contributed by atoms with E-state index in [1.165, 1.54) is 13.8 Å². The Morgan fingerprint density at radius 3 is 1.88 bits per heavy atom. The molecule has 10 atom stereocenters. The van der Waals surface area contributed by atoms with Gasteiger partial charge in [0.1, 0.15) is 23.9 Å². The molecule has 0 amide bonds. The molecule has 56 heavy (non-hydrogen) atoms. The first kappa shape index (κ1) is 44.7. The van der Waals surface area contributed by atoms with Gasteiger partial charge in [-0.05, 0) is 66.5 Å². The van der Waals surface area contributed by atoms with Crippen LogP contribution in [-0.2, 0) is 37.4 Å². The van der Waals surface area contributed by atoms with Crippen molar-refractivity contribution in [3.63, 3.8) is 0 Å². The maximum atomic E-state index is 14.5. The number of carbonyl (C=O) groups is 3. The Morgan fingerprint density at radius 2 is 1.39 bits per heavy atom. The molecule has 314 valence electrons.